The number of rotatable bonds is 2. The summed E-state index contributed by atoms with van der Waals surface area (Å²) >= 11 is 0. The molecule has 2 rings (SSSR count). The van der Waals surface area contributed by atoms with Gasteiger partial charge in [-0.05, 0) is 32.0 Å². The molecular formula is C15H17N3O. The van der Waals surface area contributed by atoms with Crippen molar-refractivity contribution in [2.24, 2.45) is 0 Å². The van der Waals surface area contributed by atoms with Crippen LogP contribution in [0.15, 0.2) is 30.3 Å². The van der Waals surface area contributed by atoms with E-state index in [2.05, 4.69) is 16.0 Å². The molecule has 1 heterocycles. The highest BCUT2D eigenvalue weighted by atomic mass is 16.5. The van der Waals surface area contributed by atoms with Crippen LogP contribution in [0.5, 0.6) is 11.6 Å². The largest absolute Gasteiger partial charge is 0.439 e. The van der Waals surface area contributed by atoms with E-state index >= 15 is 0 Å². The summed E-state index contributed by atoms with van der Waals surface area (Å²) in [7, 11) is 0. The molecule has 0 amide bonds. The van der Waals surface area contributed by atoms with Crippen LogP contribution in [0.1, 0.15) is 30.9 Å². The summed E-state index contributed by atoms with van der Waals surface area (Å²) < 4.78 is 5.58. The van der Waals surface area contributed by atoms with Crippen LogP contribution in [-0.2, 0) is 0 Å². The van der Waals surface area contributed by atoms with Gasteiger partial charge in [-0.25, -0.2) is 4.98 Å². The van der Waals surface area contributed by atoms with E-state index in [1.165, 1.54) is 0 Å². The van der Waals surface area contributed by atoms with Gasteiger partial charge in [0.1, 0.15) is 11.6 Å². The van der Waals surface area contributed by atoms with Gasteiger partial charge in [-0.2, -0.15) is 10.2 Å². The molecule has 0 unspecified atom stereocenters. The maximum atomic E-state index is 8.79. The molecule has 0 atom stereocenters. The van der Waals surface area contributed by atoms with Crippen LogP contribution in [0.2, 0.25) is 0 Å². The number of hydrogen-bond donors (Lipinski definition) is 0. The fourth-order valence-electron chi connectivity index (χ4n) is 1.49. The van der Waals surface area contributed by atoms with Gasteiger partial charge in [0.05, 0.1) is 11.6 Å². The molecule has 0 aliphatic carbocycles. The van der Waals surface area contributed by atoms with Crippen LogP contribution >= 0.6 is 0 Å². The Labute approximate surface area is 113 Å². The van der Waals surface area contributed by atoms with Crippen LogP contribution < -0.4 is 4.74 Å². The van der Waals surface area contributed by atoms with Gasteiger partial charge in [0, 0.05) is 11.8 Å². The predicted octanol–water partition coefficient (Wildman–Crippen LogP) is 3.78. The molecule has 0 radical (unpaired) electrons. The zero-order valence-corrected chi connectivity index (χ0v) is 11.6. The average Bonchev–Trinajstić information content (AvgIpc) is 2.40. The third kappa shape index (κ3) is 4.40. The maximum absolute atomic E-state index is 8.79. The third-order valence-corrected chi connectivity index (χ3v) is 2.13. The van der Waals surface area contributed by atoms with Crippen molar-refractivity contribution >= 4 is 0 Å². The zero-order valence-electron chi connectivity index (χ0n) is 11.6. The maximum Gasteiger partial charge on any atom is 0.222 e. The number of ether oxygens (including phenoxy) is 1. The quantitative estimate of drug-likeness (QED) is 0.819. The number of benzene rings is 1. The minimum Gasteiger partial charge on any atom is -0.439 e. The Morgan fingerprint density at radius 3 is 2.47 bits per heavy atom. The Balaban J connectivity index is 0.000000861. The van der Waals surface area contributed by atoms with Crippen LogP contribution in [0, 0.1) is 25.2 Å². The number of nitrogens with zero attached hydrogens (tertiary/aromatic N) is 3. The smallest absolute Gasteiger partial charge is 0.222 e. The van der Waals surface area contributed by atoms with Crippen molar-refractivity contribution in [1.82, 2.24) is 9.97 Å². The van der Waals surface area contributed by atoms with Crippen LogP contribution in [0.3, 0.4) is 0 Å². The van der Waals surface area contributed by atoms with Gasteiger partial charge < -0.3 is 4.74 Å². The highest BCUT2D eigenvalue weighted by Gasteiger charge is 2.02. The normalized spacial score (nSPS) is 9.00. The van der Waals surface area contributed by atoms with Gasteiger partial charge in [0.25, 0.3) is 0 Å². The second-order valence-corrected chi connectivity index (χ2v) is 3.64. The molecule has 0 saturated carbocycles. The van der Waals surface area contributed by atoms with Crippen LogP contribution in [0.25, 0.3) is 0 Å². The van der Waals surface area contributed by atoms with Crippen molar-refractivity contribution in [3.63, 3.8) is 0 Å². The van der Waals surface area contributed by atoms with Crippen molar-refractivity contribution in [3.05, 3.63) is 47.4 Å². The van der Waals surface area contributed by atoms with Gasteiger partial charge in [0.15, 0.2) is 0 Å². The Morgan fingerprint density at radius 2 is 1.84 bits per heavy atom. The lowest BCUT2D eigenvalue weighted by molar-refractivity contribution is 0.459. The van der Waals surface area contributed by atoms with Crippen LogP contribution in [-0.4, -0.2) is 9.97 Å². The Kier molecular flexibility index (Phi) is 5.49. The minimum atomic E-state index is 0.491. The van der Waals surface area contributed by atoms with Gasteiger partial charge >= 0.3 is 0 Å². The summed E-state index contributed by atoms with van der Waals surface area (Å²) in [6.07, 6.45) is 0. The monoisotopic (exact) mass is 255 g/mol. The molecule has 0 aliphatic heterocycles. The number of nitriles is 1. The molecule has 0 spiro atoms. The van der Waals surface area contributed by atoms with Crippen molar-refractivity contribution in [3.8, 4) is 17.7 Å². The van der Waals surface area contributed by atoms with E-state index in [1.54, 1.807) is 30.3 Å². The average molecular weight is 255 g/mol. The van der Waals surface area contributed by atoms with Crippen molar-refractivity contribution in [2.75, 3.05) is 0 Å². The lowest BCUT2D eigenvalue weighted by Crippen LogP contribution is -1.95. The molecule has 1 aromatic carbocycles. The molecule has 4 heteroatoms. The van der Waals surface area contributed by atoms with Crippen molar-refractivity contribution < 1.29 is 4.74 Å². The van der Waals surface area contributed by atoms with Gasteiger partial charge in [0.2, 0.25) is 5.88 Å². The lowest BCUT2D eigenvalue weighted by atomic mass is 10.2. The predicted molar refractivity (Wildman–Crippen MR) is 74.1 cm³/mol. The molecule has 0 bridgehead atoms. The fraction of sp³-hybridized carbons (Fsp3) is 0.267. The first kappa shape index (κ1) is 14.7. The SMILES string of the molecule is CC.Cc1cc(Oc2cccc(C#N)c2)nc(C)n1. The first-order valence-corrected chi connectivity index (χ1v) is 6.17. The number of hydrogen-bond acceptors (Lipinski definition) is 4. The van der Waals surface area contributed by atoms with E-state index in [0.29, 0.717) is 23.0 Å². The summed E-state index contributed by atoms with van der Waals surface area (Å²) in [5.74, 6) is 1.75. The summed E-state index contributed by atoms with van der Waals surface area (Å²) in [5, 5.41) is 8.79. The van der Waals surface area contributed by atoms with Crippen LogP contribution in [0.4, 0.5) is 0 Å². The standard InChI is InChI=1S/C13H11N3O.C2H6/c1-9-6-13(16-10(2)15-9)17-12-5-3-4-11(7-12)8-14;1-2/h3-7H,1-2H3;1-2H3. The summed E-state index contributed by atoms with van der Waals surface area (Å²) in [6.45, 7) is 7.69. The first-order chi connectivity index (χ1) is 9.17. The van der Waals surface area contributed by atoms with E-state index in [9.17, 15) is 0 Å². The lowest BCUT2D eigenvalue weighted by Gasteiger charge is -2.06. The van der Waals surface area contributed by atoms with Gasteiger partial charge in [-0.15, -0.1) is 0 Å². The molecule has 2 aromatic rings. The van der Waals surface area contributed by atoms with Crippen molar-refractivity contribution in [2.45, 2.75) is 27.7 Å². The van der Waals surface area contributed by atoms with E-state index in [-0.39, 0.29) is 0 Å². The van der Waals surface area contributed by atoms with E-state index in [0.717, 1.165) is 5.69 Å². The Bertz CT molecular complexity index is 568. The van der Waals surface area contributed by atoms with Gasteiger partial charge in [-0.3, -0.25) is 0 Å². The molecule has 19 heavy (non-hydrogen) atoms. The third-order valence-electron chi connectivity index (χ3n) is 2.13. The molecule has 0 N–H and O–H groups in total. The zero-order chi connectivity index (χ0) is 14.3. The molecule has 0 saturated heterocycles. The Hall–Kier alpha value is -2.41. The molecule has 1 aromatic heterocycles. The second-order valence-electron chi connectivity index (χ2n) is 3.64. The molecule has 4 nitrogen and oxygen atoms in total. The fourth-order valence-corrected chi connectivity index (χ4v) is 1.49. The summed E-state index contributed by atoms with van der Waals surface area (Å²) in [6, 6.07) is 10.8. The molecule has 98 valence electrons. The second kappa shape index (κ2) is 7.12. The van der Waals surface area contributed by atoms with E-state index < -0.39 is 0 Å². The molecule has 0 aliphatic rings. The summed E-state index contributed by atoms with van der Waals surface area (Å²) in [5.41, 5.74) is 1.41. The highest BCUT2D eigenvalue weighted by Crippen LogP contribution is 2.20. The first-order valence-electron chi connectivity index (χ1n) is 6.17. The number of aryl methyl sites for hydroxylation is 2. The van der Waals surface area contributed by atoms with Crippen molar-refractivity contribution in [1.29, 1.82) is 5.26 Å². The summed E-state index contributed by atoms with van der Waals surface area (Å²) in [4.78, 5) is 8.33. The van der Waals surface area contributed by atoms with E-state index in [4.69, 9.17) is 10.00 Å². The Morgan fingerprint density at radius 1 is 1.11 bits per heavy atom. The van der Waals surface area contributed by atoms with Gasteiger partial charge in [-0.1, -0.05) is 19.9 Å². The van der Waals surface area contributed by atoms with E-state index in [1.807, 2.05) is 27.7 Å². The number of aromatic nitrogens is 2. The highest BCUT2D eigenvalue weighted by molar-refractivity contribution is 5.37. The minimum absolute atomic E-state index is 0.491. The topological polar surface area (TPSA) is 58.8 Å². The molecule has 0 fully saturated rings. The molecular weight excluding hydrogens is 238 g/mol.